The molecule has 2 atom stereocenters. The van der Waals surface area contributed by atoms with Crippen LogP contribution in [0.1, 0.15) is 38.1 Å². The number of ether oxygens (including phenoxy) is 1. The van der Waals surface area contributed by atoms with E-state index in [-0.39, 0.29) is 10.9 Å². The Labute approximate surface area is 127 Å². The molecular formula is C14H19BrClNO2. The van der Waals surface area contributed by atoms with E-state index in [1.165, 1.54) is 0 Å². The quantitative estimate of drug-likeness (QED) is 0.805. The highest BCUT2D eigenvalue weighted by Gasteiger charge is 2.22. The Bertz CT molecular complexity index is 445. The zero-order valence-electron chi connectivity index (χ0n) is 11.5. The van der Waals surface area contributed by atoms with E-state index in [2.05, 4.69) is 21.2 Å². The molecule has 1 amide bonds. The summed E-state index contributed by atoms with van der Waals surface area (Å²) >= 11 is 9.52. The number of carbonyl (C=O) groups excluding carboxylic acids is 1. The predicted octanol–water partition coefficient (Wildman–Crippen LogP) is 4.69. The second kappa shape index (κ2) is 6.62. The normalized spacial score (nSPS) is 14.6. The van der Waals surface area contributed by atoms with Crippen LogP contribution >= 0.6 is 27.5 Å². The summed E-state index contributed by atoms with van der Waals surface area (Å²) in [6.07, 6.45) is -0.425. The first-order valence-corrected chi connectivity index (χ1v) is 7.37. The Morgan fingerprint density at radius 2 is 2.05 bits per heavy atom. The summed E-state index contributed by atoms with van der Waals surface area (Å²) in [6.45, 7) is 7.41. The van der Waals surface area contributed by atoms with Crippen molar-refractivity contribution >= 4 is 33.6 Å². The third-order valence-corrected chi connectivity index (χ3v) is 3.91. The molecule has 0 saturated carbocycles. The van der Waals surface area contributed by atoms with Crippen molar-refractivity contribution in [3.05, 3.63) is 34.9 Å². The number of benzene rings is 1. The first kappa shape index (κ1) is 16.3. The number of carbonyl (C=O) groups is 1. The van der Waals surface area contributed by atoms with Crippen molar-refractivity contribution < 1.29 is 9.53 Å². The Kier molecular flexibility index (Phi) is 5.68. The number of hydrogen-bond donors (Lipinski definition) is 1. The van der Waals surface area contributed by atoms with Crippen molar-refractivity contribution in [1.29, 1.82) is 0 Å². The molecule has 0 aliphatic rings. The van der Waals surface area contributed by atoms with Crippen molar-refractivity contribution in [2.75, 3.05) is 0 Å². The average Bonchev–Trinajstić information content (AvgIpc) is 2.25. The maximum Gasteiger partial charge on any atom is 0.407 e. The molecule has 0 aromatic heterocycles. The van der Waals surface area contributed by atoms with Crippen LogP contribution in [0.3, 0.4) is 0 Å². The smallest absolute Gasteiger partial charge is 0.407 e. The lowest BCUT2D eigenvalue weighted by atomic mass is 10.1. The molecule has 5 heteroatoms. The Balaban J connectivity index is 2.63. The summed E-state index contributed by atoms with van der Waals surface area (Å²) in [5.41, 5.74) is 0.512. The number of alkyl carbamates (subject to hydrolysis) is 1. The van der Waals surface area contributed by atoms with Crippen LogP contribution in [-0.2, 0) is 4.74 Å². The van der Waals surface area contributed by atoms with Gasteiger partial charge in [-0.1, -0.05) is 39.7 Å². The maximum atomic E-state index is 11.7. The lowest BCUT2D eigenvalue weighted by Gasteiger charge is -2.24. The Morgan fingerprint density at radius 3 is 2.58 bits per heavy atom. The van der Waals surface area contributed by atoms with Gasteiger partial charge in [0, 0.05) is 11.1 Å². The molecule has 1 N–H and O–H groups in total. The zero-order chi connectivity index (χ0) is 14.6. The van der Waals surface area contributed by atoms with Gasteiger partial charge in [-0.25, -0.2) is 4.79 Å². The largest absolute Gasteiger partial charge is 0.444 e. The van der Waals surface area contributed by atoms with E-state index in [4.69, 9.17) is 16.3 Å². The molecule has 0 heterocycles. The van der Waals surface area contributed by atoms with Crippen molar-refractivity contribution in [3.63, 3.8) is 0 Å². The van der Waals surface area contributed by atoms with Gasteiger partial charge in [-0.2, -0.15) is 0 Å². The highest BCUT2D eigenvalue weighted by molar-refractivity contribution is 9.09. The maximum absolute atomic E-state index is 11.7. The van der Waals surface area contributed by atoms with Gasteiger partial charge in [0.15, 0.2) is 0 Å². The second-order valence-corrected chi connectivity index (χ2v) is 6.81. The van der Waals surface area contributed by atoms with Crippen molar-refractivity contribution in [1.82, 2.24) is 5.32 Å². The lowest BCUT2D eigenvalue weighted by molar-refractivity contribution is 0.0508. The molecule has 0 aliphatic carbocycles. The Hall–Kier alpha value is -0.740. The van der Waals surface area contributed by atoms with Crippen molar-refractivity contribution in [2.24, 2.45) is 0 Å². The van der Waals surface area contributed by atoms with E-state index in [1.807, 2.05) is 52.0 Å². The van der Waals surface area contributed by atoms with Gasteiger partial charge in [0.05, 0.1) is 4.83 Å². The van der Waals surface area contributed by atoms with Gasteiger partial charge in [0.25, 0.3) is 0 Å². The lowest BCUT2D eigenvalue weighted by Crippen LogP contribution is -2.39. The molecule has 1 aromatic rings. The first-order valence-electron chi connectivity index (χ1n) is 6.08. The van der Waals surface area contributed by atoms with Crippen LogP contribution in [0.2, 0.25) is 5.02 Å². The number of rotatable bonds is 3. The molecule has 0 aliphatic heterocycles. The zero-order valence-corrected chi connectivity index (χ0v) is 13.9. The summed E-state index contributed by atoms with van der Waals surface area (Å²) in [4.78, 5) is 11.7. The van der Waals surface area contributed by atoms with Crippen LogP contribution in [0.5, 0.6) is 0 Å². The fourth-order valence-electron chi connectivity index (χ4n) is 1.53. The molecule has 2 unspecified atom stereocenters. The minimum Gasteiger partial charge on any atom is -0.444 e. The SMILES string of the molecule is CC(NC(=O)OC(C)(C)C)C(Br)c1cccc(Cl)c1. The van der Waals surface area contributed by atoms with E-state index >= 15 is 0 Å². The van der Waals surface area contributed by atoms with Crippen LogP contribution in [-0.4, -0.2) is 17.7 Å². The van der Waals surface area contributed by atoms with Crippen LogP contribution in [0.15, 0.2) is 24.3 Å². The van der Waals surface area contributed by atoms with Crippen LogP contribution in [0.4, 0.5) is 4.79 Å². The standard InChI is InChI=1S/C14H19BrClNO2/c1-9(17-13(18)19-14(2,3)4)12(15)10-6-5-7-11(16)8-10/h5-9,12H,1-4H3,(H,17,18). The number of alkyl halides is 1. The fraction of sp³-hybridized carbons (Fsp3) is 0.500. The molecule has 0 saturated heterocycles. The van der Waals surface area contributed by atoms with Gasteiger partial charge in [-0.05, 0) is 45.4 Å². The second-order valence-electron chi connectivity index (χ2n) is 5.39. The average molecular weight is 349 g/mol. The van der Waals surface area contributed by atoms with E-state index in [9.17, 15) is 4.79 Å². The van der Waals surface area contributed by atoms with Crippen LogP contribution < -0.4 is 5.32 Å². The topological polar surface area (TPSA) is 38.3 Å². The van der Waals surface area contributed by atoms with Crippen LogP contribution in [0.25, 0.3) is 0 Å². The molecule has 19 heavy (non-hydrogen) atoms. The number of nitrogens with one attached hydrogen (secondary N) is 1. The Morgan fingerprint density at radius 1 is 1.42 bits per heavy atom. The predicted molar refractivity (Wildman–Crippen MR) is 82.0 cm³/mol. The van der Waals surface area contributed by atoms with Gasteiger partial charge in [0.2, 0.25) is 0 Å². The summed E-state index contributed by atoms with van der Waals surface area (Å²) in [5, 5.41) is 3.48. The molecular weight excluding hydrogens is 330 g/mol. The summed E-state index contributed by atoms with van der Waals surface area (Å²) < 4.78 is 5.22. The van der Waals surface area contributed by atoms with E-state index in [1.54, 1.807) is 0 Å². The molecule has 0 fully saturated rings. The van der Waals surface area contributed by atoms with Crippen molar-refractivity contribution in [3.8, 4) is 0 Å². The number of hydrogen-bond acceptors (Lipinski definition) is 2. The van der Waals surface area contributed by atoms with Gasteiger partial charge in [-0.3, -0.25) is 0 Å². The van der Waals surface area contributed by atoms with E-state index < -0.39 is 11.7 Å². The molecule has 0 radical (unpaired) electrons. The molecule has 3 nitrogen and oxygen atoms in total. The number of amides is 1. The van der Waals surface area contributed by atoms with Gasteiger partial charge < -0.3 is 10.1 Å². The summed E-state index contributed by atoms with van der Waals surface area (Å²) in [5.74, 6) is 0. The summed E-state index contributed by atoms with van der Waals surface area (Å²) in [6, 6.07) is 7.41. The van der Waals surface area contributed by atoms with Crippen LogP contribution in [0, 0.1) is 0 Å². The summed E-state index contributed by atoms with van der Waals surface area (Å²) in [7, 11) is 0. The van der Waals surface area contributed by atoms with Gasteiger partial charge >= 0.3 is 6.09 Å². The molecule has 1 aromatic carbocycles. The first-order chi connectivity index (χ1) is 8.69. The third-order valence-electron chi connectivity index (χ3n) is 2.35. The highest BCUT2D eigenvalue weighted by Crippen LogP contribution is 2.28. The molecule has 0 bridgehead atoms. The monoisotopic (exact) mass is 347 g/mol. The highest BCUT2D eigenvalue weighted by atomic mass is 79.9. The molecule has 106 valence electrons. The third kappa shape index (κ3) is 5.83. The minimum atomic E-state index is -0.498. The molecule has 1 rings (SSSR count). The van der Waals surface area contributed by atoms with E-state index in [0.717, 1.165) is 5.56 Å². The number of halogens is 2. The molecule has 0 spiro atoms. The van der Waals surface area contributed by atoms with Gasteiger partial charge in [-0.15, -0.1) is 0 Å². The van der Waals surface area contributed by atoms with Crippen molar-refractivity contribution in [2.45, 2.75) is 44.2 Å². The fourth-order valence-corrected chi connectivity index (χ4v) is 2.15. The van der Waals surface area contributed by atoms with Gasteiger partial charge in [0.1, 0.15) is 5.60 Å². The minimum absolute atomic E-state index is 0.0290. The van der Waals surface area contributed by atoms with E-state index in [0.29, 0.717) is 5.02 Å².